The molecule has 10 heteroatoms. The molecule has 0 bridgehead atoms. The monoisotopic (exact) mass is 483 g/mol. The summed E-state index contributed by atoms with van der Waals surface area (Å²) in [5, 5.41) is 11.7. The first-order chi connectivity index (χ1) is 16.5. The molecule has 1 N–H and O–H groups in total. The molecule has 2 atom stereocenters. The summed E-state index contributed by atoms with van der Waals surface area (Å²) in [4.78, 5) is 26.9. The summed E-state index contributed by atoms with van der Waals surface area (Å²) in [7, 11) is 1.30. The van der Waals surface area contributed by atoms with Crippen LogP contribution in [-0.2, 0) is 16.0 Å². The van der Waals surface area contributed by atoms with E-state index in [1.54, 1.807) is 17.1 Å². The van der Waals surface area contributed by atoms with Gasteiger partial charge in [0.15, 0.2) is 5.69 Å². The van der Waals surface area contributed by atoms with E-state index in [9.17, 15) is 9.59 Å². The Balaban J connectivity index is 1.41. The SMILES string of the molecule is COC(=O)c1cn([C@@H]2C[C@@H](C(=O)NCCc3cccc(Cl)c3)N(CC=Cc3ccco3)C2)nn1. The van der Waals surface area contributed by atoms with Crippen molar-refractivity contribution in [3.8, 4) is 0 Å². The number of esters is 1. The molecule has 34 heavy (non-hydrogen) atoms. The molecular formula is C24H26ClN5O4. The number of ether oxygens (including phenoxy) is 1. The first-order valence-electron chi connectivity index (χ1n) is 11.0. The molecule has 0 aliphatic carbocycles. The number of hydrogen-bond donors (Lipinski definition) is 1. The zero-order chi connectivity index (χ0) is 23.9. The van der Waals surface area contributed by atoms with Gasteiger partial charge in [0, 0.05) is 24.7 Å². The first kappa shape index (κ1) is 23.7. The van der Waals surface area contributed by atoms with E-state index in [0.29, 0.717) is 37.5 Å². The van der Waals surface area contributed by atoms with Gasteiger partial charge >= 0.3 is 5.97 Å². The van der Waals surface area contributed by atoms with Crippen LogP contribution in [0.4, 0.5) is 0 Å². The third-order valence-electron chi connectivity index (χ3n) is 5.73. The van der Waals surface area contributed by atoms with Crippen LogP contribution in [-0.4, -0.2) is 64.6 Å². The molecule has 1 aliphatic heterocycles. The van der Waals surface area contributed by atoms with Crippen LogP contribution in [0.25, 0.3) is 6.08 Å². The van der Waals surface area contributed by atoms with E-state index in [-0.39, 0.29) is 23.7 Å². The van der Waals surface area contributed by atoms with Crippen LogP contribution >= 0.6 is 11.6 Å². The maximum absolute atomic E-state index is 13.1. The highest BCUT2D eigenvalue weighted by Crippen LogP contribution is 2.27. The van der Waals surface area contributed by atoms with Gasteiger partial charge in [0.05, 0.1) is 31.7 Å². The number of nitrogens with zero attached hydrogens (tertiary/aromatic N) is 4. The molecule has 0 unspecified atom stereocenters. The van der Waals surface area contributed by atoms with Gasteiger partial charge < -0.3 is 14.5 Å². The Morgan fingerprint density at radius 3 is 2.97 bits per heavy atom. The molecule has 3 heterocycles. The first-order valence-corrected chi connectivity index (χ1v) is 11.4. The Bertz CT molecular complexity index is 1140. The minimum Gasteiger partial charge on any atom is -0.465 e. The molecule has 178 valence electrons. The van der Waals surface area contributed by atoms with Crippen molar-refractivity contribution in [2.75, 3.05) is 26.7 Å². The smallest absolute Gasteiger partial charge is 0.360 e. The summed E-state index contributed by atoms with van der Waals surface area (Å²) in [5.41, 5.74) is 1.20. The van der Waals surface area contributed by atoms with Crippen LogP contribution in [0, 0.1) is 0 Å². The Hall–Kier alpha value is -3.43. The fraction of sp³-hybridized carbons (Fsp3) is 0.333. The number of carbonyl (C=O) groups excluding carboxylic acids is 2. The molecule has 9 nitrogen and oxygen atoms in total. The lowest BCUT2D eigenvalue weighted by molar-refractivity contribution is -0.125. The van der Waals surface area contributed by atoms with Crippen LogP contribution in [0.5, 0.6) is 0 Å². The summed E-state index contributed by atoms with van der Waals surface area (Å²) in [6, 6.07) is 10.8. The fourth-order valence-corrected chi connectivity index (χ4v) is 4.24. The average molecular weight is 484 g/mol. The highest BCUT2D eigenvalue weighted by atomic mass is 35.5. The minimum atomic E-state index is -0.544. The standard InChI is InChI=1S/C24H26ClN5O4/c1-33-24(32)21-16-30(28-27-21)19-14-22(29(15-19)11-3-7-20-8-4-12-34-20)23(31)26-10-9-17-5-2-6-18(25)13-17/h2-8,12-13,16,19,22H,9-11,14-15H2,1H3,(H,26,31)/t19-,22+/m1/s1. The maximum atomic E-state index is 13.1. The molecule has 2 aromatic heterocycles. The number of methoxy groups -OCH3 is 1. The van der Waals surface area contributed by atoms with Crippen molar-refractivity contribution < 1.29 is 18.7 Å². The molecular weight excluding hydrogens is 458 g/mol. The van der Waals surface area contributed by atoms with E-state index in [1.165, 1.54) is 7.11 Å². The number of aromatic nitrogens is 3. The van der Waals surface area contributed by atoms with Crippen LogP contribution in [0.2, 0.25) is 5.02 Å². The van der Waals surface area contributed by atoms with Crippen LogP contribution in [0.1, 0.15) is 34.3 Å². The van der Waals surface area contributed by atoms with Gasteiger partial charge in [-0.3, -0.25) is 9.69 Å². The number of amides is 1. The van der Waals surface area contributed by atoms with Crippen molar-refractivity contribution in [2.45, 2.75) is 24.9 Å². The van der Waals surface area contributed by atoms with Gasteiger partial charge in [0.2, 0.25) is 5.91 Å². The van der Waals surface area contributed by atoms with Gasteiger partial charge in [0.25, 0.3) is 0 Å². The fourth-order valence-electron chi connectivity index (χ4n) is 4.03. The summed E-state index contributed by atoms with van der Waals surface area (Å²) in [5.74, 6) is 0.152. The Morgan fingerprint density at radius 1 is 1.32 bits per heavy atom. The largest absolute Gasteiger partial charge is 0.465 e. The highest BCUT2D eigenvalue weighted by Gasteiger charge is 2.37. The topological polar surface area (TPSA) is 102 Å². The molecule has 1 saturated heterocycles. The van der Waals surface area contributed by atoms with Gasteiger partial charge in [-0.05, 0) is 48.7 Å². The van der Waals surface area contributed by atoms with Gasteiger partial charge in [0.1, 0.15) is 5.76 Å². The summed E-state index contributed by atoms with van der Waals surface area (Å²) in [6.45, 7) is 1.65. The van der Waals surface area contributed by atoms with Crippen LogP contribution in [0.3, 0.4) is 0 Å². The predicted molar refractivity (Wildman–Crippen MR) is 126 cm³/mol. The molecule has 0 saturated carbocycles. The zero-order valence-corrected chi connectivity index (χ0v) is 19.5. The molecule has 1 aliphatic rings. The second-order valence-electron chi connectivity index (χ2n) is 8.02. The number of carbonyl (C=O) groups is 2. The Labute approximate surface area is 202 Å². The molecule has 1 amide bonds. The third kappa shape index (κ3) is 5.92. The van der Waals surface area contributed by atoms with Gasteiger partial charge in [-0.1, -0.05) is 35.0 Å². The second kappa shape index (κ2) is 11.1. The summed E-state index contributed by atoms with van der Waals surface area (Å²) < 4.78 is 11.7. The maximum Gasteiger partial charge on any atom is 0.360 e. The molecule has 3 aromatic rings. The van der Waals surface area contributed by atoms with E-state index in [2.05, 4.69) is 20.5 Å². The van der Waals surface area contributed by atoms with Crippen molar-refractivity contribution in [1.82, 2.24) is 25.2 Å². The van der Waals surface area contributed by atoms with Gasteiger partial charge in [-0.15, -0.1) is 5.10 Å². The van der Waals surface area contributed by atoms with E-state index < -0.39 is 5.97 Å². The number of hydrogen-bond acceptors (Lipinski definition) is 7. The van der Waals surface area contributed by atoms with E-state index >= 15 is 0 Å². The van der Waals surface area contributed by atoms with Crippen molar-refractivity contribution in [3.63, 3.8) is 0 Å². The molecule has 1 aromatic carbocycles. The van der Waals surface area contributed by atoms with E-state index in [0.717, 1.165) is 11.3 Å². The highest BCUT2D eigenvalue weighted by molar-refractivity contribution is 6.30. The van der Waals surface area contributed by atoms with Crippen molar-refractivity contribution in [2.24, 2.45) is 0 Å². The van der Waals surface area contributed by atoms with Crippen molar-refractivity contribution in [3.05, 3.63) is 77.0 Å². The lowest BCUT2D eigenvalue weighted by Crippen LogP contribution is -2.43. The van der Waals surface area contributed by atoms with E-state index in [4.69, 9.17) is 20.8 Å². The van der Waals surface area contributed by atoms with Crippen LogP contribution in [0.15, 0.2) is 59.4 Å². The molecule has 1 fully saturated rings. The van der Waals surface area contributed by atoms with Gasteiger partial charge in [-0.25, -0.2) is 9.48 Å². The van der Waals surface area contributed by atoms with E-state index in [1.807, 2.05) is 48.6 Å². The minimum absolute atomic E-state index is 0.0516. The summed E-state index contributed by atoms with van der Waals surface area (Å²) in [6.07, 6.45) is 8.26. The predicted octanol–water partition coefficient (Wildman–Crippen LogP) is 3.00. The van der Waals surface area contributed by atoms with Crippen LogP contribution < -0.4 is 5.32 Å². The average Bonchev–Trinajstić information content (AvgIpc) is 3.59. The van der Waals surface area contributed by atoms with Crippen molar-refractivity contribution in [1.29, 1.82) is 0 Å². The molecule has 4 rings (SSSR count). The second-order valence-corrected chi connectivity index (χ2v) is 8.46. The normalized spacial score (nSPS) is 18.4. The van der Waals surface area contributed by atoms with Gasteiger partial charge in [-0.2, -0.15) is 0 Å². The summed E-state index contributed by atoms with van der Waals surface area (Å²) >= 11 is 6.05. The molecule has 0 radical (unpaired) electrons. The number of likely N-dealkylation sites (tertiary alicyclic amines) is 1. The number of rotatable bonds is 9. The lowest BCUT2D eigenvalue weighted by Gasteiger charge is -2.21. The number of halogens is 1. The lowest BCUT2D eigenvalue weighted by atomic mass is 10.1. The number of benzene rings is 1. The third-order valence-corrected chi connectivity index (χ3v) is 5.97. The number of furan rings is 1. The number of nitrogens with one attached hydrogen (secondary N) is 1. The Morgan fingerprint density at radius 2 is 2.21 bits per heavy atom. The van der Waals surface area contributed by atoms with Crippen molar-refractivity contribution >= 4 is 29.6 Å². The zero-order valence-electron chi connectivity index (χ0n) is 18.8. The Kier molecular flexibility index (Phi) is 7.76. The molecule has 0 spiro atoms. The quantitative estimate of drug-likeness (QED) is 0.467.